The molecule has 0 aliphatic heterocycles. The van der Waals surface area contributed by atoms with Gasteiger partial charge in [0.1, 0.15) is 17.5 Å². The van der Waals surface area contributed by atoms with Gasteiger partial charge in [-0.3, -0.25) is 14.7 Å². The Morgan fingerprint density at radius 2 is 2.12 bits per heavy atom. The molecule has 16 heavy (non-hydrogen) atoms. The molecule has 0 bridgehead atoms. The Balaban J connectivity index is 2.74. The van der Waals surface area contributed by atoms with Gasteiger partial charge in [0, 0.05) is 19.4 Å². The van der Waals surface area contributed by atoms with E-state index in [1.54, 1.807) is 10.9 Å². The normalized spacial score (nSPS) is 10.7. The number of hydrogen-bond acceptors (Lipinski definition) is 3. The van der Waals surface area contributed by atoms with Crippen molar-refractivity contribution in [2.24, 2.45) is 12.8 Å². The van der Waals surface area contributed by atoms with Crippen LogP contribution < -0.4 is 5.73 Å². The summed E-state index contributed by atoms with van der Waals surface area (Å²) in [4.78, 5) is 4.15. The molecule has 84 valence electrons. The summed E-state index contributed by atoms with van der Waals surface area (Å²) < 4.78 is 3.58. The molecule has 3 N–H and O–H groups in total. The molecule has 2 aromatic heterocycles. The molecule has 2 aromatic rings. The number of amidine groups is 1. The van der Waals surface area contributed by atoms with Crippen molar-refractivity contribution in [3.8, 4) is 5.82 Å². The molecule has 0 radical (unpaired) electrons. The Hall–Kier alpha value is -2.11. The first kappa shape index (κ1) is 10.4. The van der Waals surface area contributed by atoms with Crippen LogP contribution in [-0.4, -0.2) is 25.2 Å². The topological polar surface area (TPSA) is 85.5 Å². The highest BCUT2D eigenvalue weighted by molar-refractivity contribution is 5.99. The van der Waals surface area contributed by atoms with Crippen LogP contribution in [-0.2, 0) is 7.05 Å². The summed E-state index contributed by atoms with van der Waals surface area (Å²) in [6.45, 7) is 3.73. The van der Waals surface area contributed by atoms with E-state index in [1.165, 1.54) is 0 Å². The third kappa shape index (κ3) is 1.39. The number of hydrogen-bond donors (Lipinski definition) is 2. The lowest BCUT2D eigenvalue weighted by atomic mass is 10.2. The van der Waals surface area contributed by atoms with Crippen LogP contribution in [0.3, 0.4) is 0 Å². The zero-order valence-corrected chi connectivity index (χ0v) is 9.52. The van der Waals surface area contributed by atoms with Crippen LogP contribution in [0, 0.1) is 19.3 Å². The van der Waals surface area contributed by atoms with E-state index >= 15 is 0 Å². The summed E-state index contributed by atoms with van der Waals surface area (Å²) in [6.07, 6.45) is 3.54. The minimum absolute atomic E-state index is 0.0219. The Morgan fingerprint density at radius 3 is 2.62 bits per heavy atom. The molecular formula is C10H14N6. The van der Waals surface area contributed by atoms with Gasteiger partial charge < -0.3 is 5.73 Å². The summed E-state index contributed by atoms with van der Waals surface area (Å²) in [5.74, 6) is 1.64. The van der Waals surface area contributed by atoms with Crippen molar-refractivity contribution >= 4 is 5.84 Å². The van der Waals surface area contributed by atoms with E-state index in [0.29, 0.717) is 5.56 Å². The van der Waals surface area contributed by atoms with Gasteiger partial charge >= 0.3 is 0 Å². The summed E-state index contributed by atoms with van der Waals surface area (Å²) in [5, 5.41) is 11.9. The zero-order chi connectivity index (χ0) is 11.9. The molecule has 0 atom stereocenters. The number of rotatable bonds is 2. The second-order valence-corrected chi connectivity index (χ2v) is 3.67. The standard InChI is InChI=1S/C10H14N6/c1-6-8(9(11)12)10(15(3)14-6)16-5-4-13-7(16)2/h4-5H,1-3H3,(H3,11,12). The number of nitrogens with one attached hydrogen (secondary N) is 1. The van der Waals surface area contributed by atoms with Crippen molar-refractivity contribution in [1.82, 2.24) is 19.3 Å². The van der Waals surface area contributed by atoms with E-state index in [-0.39, 0.29) is 5.84 Å². The molecule has 0 aliphatic carbocycles. The molecule has 0 saturated carbocycles. The first-order valence-electron chi connectivity index (χ1n) is 4.90. The Bertz CT molecular complexity index is 548. The summed E-state index contributed by atoms with van der Waals surface area (Å²) in [5.41, 5.74) is 6.99. The van der Waals surface area contributed by atoms with Gasteiger partial charge in [0.05, 0.1) is 11.3 Å². The van der Waals surface area contributed by atoms with E-state index in [9.17, 15) is 0 Å². The zero-order valence-electron chi connectivity index (χ0n) is 9.52. The van der Waals surface area contributed by atoms with Crippen molar-refractivity contribution in [2.45, 2.75) is 13.8 Å². The largest absolute Gasteiger partial charge is 0.384 e. The number of aromatic nitrogens is 4. The molecule has 0 aliphatic rings. The van der Waals surface area contributed by atoms with Gasteiger partial charge in [0.2, 0.25) is 0 Å². The van der Waals surface area contributed by atoms with Crippen LogP contribution in [0.4, 0.5) is 0 Å². The van der Waals surface area contributed by atoms with Crippen molar-refractivity contribution in [1.29, 1.82) is 5.41 Å². The smallest absolute Gasteiger partial charge is 0.147 e. The number of nitrogen functional groups attached to an aromatic ring is 1. The first-order valence-corrected chi connectivity index (χ1v) is 4.90. The van der Waals surface area contributed by atoms with Crippen molar-refractivity contribution < 1.29 is 0 Å². The monoisotopic (exact) mass is 218 g/mol. The van der Waals surface area contributed by atoms with Crippen LogP contribution in [0.1, 0.15) is 17.1 Å². The van der Waals surface area contributed by atoms with E-state index < -0.39 is 0 Å². The van der Waals surface area contributed by atoms with Crippen LogP contribution in [0.2, 0.25) is 0 Å². The predicted molar refractivity (Wildman–Crippen MR) is 60.8 cm³/mol. The fourth-order valence-electron chi connectivity index (χ4n) is 1.84. The minimum Gasteiger partial charge on any atom is -0.384 e. The lowest BCUT2D eigenvalue weighted by molar-refractivity contribution is 0.715. The second-order valence-electron chi connectivity index (χ2n) is 3.67. The molecule has 2 rings (SSSR count). The van der Waals surface area contributed by atoms with Gasteiger partial charge in [-0.2, -0.15) is 5.10 Å². The molecule has 2 heterocycles. The summed E-state index contributed by atoms with van der Waals surface area (Å²) in [6, 6.07) is 0. The maximum atomic E-state index is 7.59. The fraction of sp³-hybridized carbons (Fsp3) is 0.300. The number of aryl methyl sites for hydroxylation is 3. The molecule has 0 aromatic carbocycles. The van der Waals surface area contributed by atoms with Gasteiger partial charge in [0.25, 0.3) is 0 Å². The Labute approximate surface area is 93.2 Å². The molecule has 0 amide bonds. The van der Waals surface area contributed by atoms with E-state index in [0.717, 1.165) is 17.3 Å². The number of imidazole rings is 1. The maximum absolute atomic E-state index is 7.59. The van der Waals surface area contributed by atoms with Crippen molar-refractivity contribution in [3.63, 3.8) is 0 Å². The SMILES string of the molecule is Cc1nn(C)c(-n2ccnc2C)c1C(=N)N. The minimum atomic E-state index is 0.0219. The molecule has 0 fully saturated rings. The lowest BCUT2D eigenvalue weighted by Crippen LogP contribution is -2.16. The van der Waals surface area contributed by atoms with E-state index in [2.05, 4.69) is 10.1 Å². The number of nitrogens with two attached hydrogens (primary N) is 1. The maximum Gasteiger partial charge on any atom is 0.147 e. The van der Waals surface area contributed by atoms with Gasteiger partial charge in [-0.05, 0) is 13.8 Å². The van der Waals surface area contributed by atoms with E-state index in [1.807, 2.05) is 31.7 Å². The highest BCUT2D eigenvalue weighted by Gasteiger charge is 2.18. The second kappa shape index (κ2) is 3.48. The Morgan fingerprint density at radius 1 is 1.44 bits per heavy atom. The van der Waals surface area contributed by atoms with Crippen LogP contribution in [0.5, 0.6) is 0 Å². The quantitative estimate of drug-likeness (QED) is 0.568. The fourth-order valence-corrected chi connectivity index (χ4v) is 1.84. The van der Waals surface area contributed by atoms with Crippen LogP contribution in [0.15, 0.2) is 12.4 Å². The van der Waals surface area contributed by atoms with E-state index in [4.69, 9.17) is 11.1 Å². The van der Waals surface area contributed by atoms with Crippen molar-refractivity contribution in [3.05, 3.63) is 29.5 Å². The highest BCUT2D eigenvalue weighted by atomic mass is 15.3. The third-order valence-corrected chi connectivity index (χ3v) is 2.52. The molecule has 0 spiro atoms. The molecular weight excluding hydrogens is 204 g/mol. The number of nitrogens with zero attached hydrogens (tertiary/aromatic N) is 4. The van der Waals surface area contributed by atoms with Gasteiger partial charge in [-0.15, -0.1) is 0 Å². The van der Waals surface area contributed by atoms with Crippen LogP contribution >= 0.6 is 0 Å². The third-order valence-electron chi connectivity index (χ3n) is 2.52. The lowest BCUT2D eigenvalue weighted by Gasteiger charge is -2.07. The van der Waals surface area contributed by atoms with Crippen molar-refractivity contribution in [2.75, 3.05) is 0 Å². The predicted octanol–water partition coefficient (Wildman–Crippen LogP) is 0.507. The van der Waals surface area contributed by atoms with Gasteiger partial charge in [-0.1, -0.05) is 0 Å². The van der Waals surface area contributed by atoms with Crippen LogP contribution in [0.25, 0.3) is 5.82 Å². The molecule has 6 heteroatoms. The Kier molecular flexibility index (Phi) is 2.26. The van der Waals surface area contributed by atoms with Gasteiger partial charge in [-0.25, -0.2) is 4.98 Å². The summed E-state index contributed by atoms with van der Waals surface area (Å²) in [7, 11) is 1.83. The highest BCUT2D eigenvalue weighted by Crippen LogP contribution is 2.18. The van der Waals surface area contributed by atoms with Gasteiger partial charge in [0.15, 0.2) is 0 Å². The molecule has 0 saturated heterocycles. The molecule has 6 nitrogen and oxygen atoms in total. The average Bonchev–Trinajstić information content (AvgIpc) is 2.69. The average molecular weight is 218 g/mol. The summed E-state index contributed by atoms with van der Waals surface area (Å²) >= 11 is 0. The molecule has 0 unspecified atom stereocenters. The first-order chi connectivity index (χ1) is 7.52.